The van der Waals surface area contributed by atoms with Crippen LogP contribution in [0.4, 0.5) is 0 Å². The molecule has 0 aliphatic carbocycles. The van der Waals surface area contributed by atoms with Gasteiger partial charge < -0.3 is 19.9 Å². The van der Waals surface area contributed by atoms with Gasteiger partial charge in [-0.25, -0.2) is 0 Å². The zero-order valence-electron chi connectivity index (χ0n) is 14.9. The minimum atomic E-state index is -0.523. The Morgan fingerprint density at radius 1 is 1.22 bits per heavy atom. The lowest BCUT2D eigenvalue weighted by molar-refractivity contribution is -0.121. The molecule has 138 valence electrons. The summed E-state index contributed by atoms with van der Waals surface area (Å²) in [5.74, 6) is 1.27. The number of ether oxygens (including phenoxy) is 2. The number of phenolic OH excluding ortho intramolecular Hbond substituents is 1. The number of nitrogens with zero attached hydrogens (tertiary/aromatic N) is 1. The van der Waals surface area contributed by atoms with Crippen LogP contribution < -0.4 is 14.8 Å². The Morgan fingerprint density at radius 3 is 2.93 bits per heavy atom. The van der Waals surface area contributed by atoms with Crippen LogP contribution >= 0.6 is 0 Å². The van der Waals surface area contributed by atoms with Crippen LogP contribution in [0.3, 0.4) is 0 Å². The Balaban J connectivity index is 1.80. The molecule has 6 heteroatoms. The summed E-state index contributed by atoms with van der Waals surface area (Å²) in [6, 6.07) is 12.4. The lowest BCUT2D eigenvalue weighted by atomic mass is 9.95. The molecule has 1 amide bonds. The molecule has 1 unspecified atom stereocenters. The van der Waals surface area contributed by atoms with Crippen LogP contribution in [0.1, 0.15) is 36.9 Å². The smallest absolute Gasteiger partial charge is 0.231 e. The maximum absolute atomic E-state index is 12.3. The van der Waals surface area contributed by atoms with E-state index in [2.05, 4.69) is 10.3 Å². The molecular formula is C21H20N2O4. The van der Waals surface area contributed by atoms with Crippen LogP contribution in [-0.4, -0.2) is 22.8 Å². The lowest BCUT2D eigenvalue weighted by Crippen LogP contribution is -2.29. The summed E-state index contributed by atoms with van der Waals surface area (Å²) in [5.41, 5.74) is 1.89. The number of amides is 1. The third-order valence-corrected chi connectivity index (χ3v) is 4.60. The maximum atomic E-state index is 12.3. The van der Waals surface area contributed by atoms with Crippen molar-refractivity contribution in [3.8, 4) is 17.2 Å². The summed E-state index contributed by atoms with van der Waals surface area (Å²) in [4.78, 5) is 16.6. The summed E-state index contributed by atoms with van der Waals surface area (Å²) in [6.45, 7) is 2.13. The van der Waals surface area contributed by atoms with Gasteiger partial charge in [-0.05, 0) is 30.2 Å². The summed E-state index contributed by atoms with van der Waals surface area (Å²) >= 11 is 0. The molecule has 0 spiro atoms. The molecular weight excluding hydrogens is 344 g/mol. The first kappa shape index (κ1) is 17.1. The fourth-order valence-corrected chi connectivity index (χ4v) is 3.27. The molecule has 1 aliphatic rings. The highest BCUT2D eigenvalue weighted by Crippen LogP contribution is 2.39. The molecule has 0 saturated carbocycles. The first-order valence-corrected chi connectivity index (χ1v) is 8.93. The van der Waals surface area contributed by atoms with Gasteiger partial charge in [0.2, 0.25) is 12.7 Å². The van der Waals surface area contributed by atoms with Crippen molar-refractivity contribution in [2.45, 2.75) is 25.8 Å². The number of aromatic hydroxyl groups is 1. The van der Waals surface area contributed by atoms with Crippen molar-refractivity contribution >= 4 is 16.8 Å². The van der Waals surface area contributed by atoms with Gasteiger partial charge in [-0.2, -0.15) is 0 Å². The van der Waals surface area contributed by atoms with Gasteiger partial charge in [-0.1, -0.05) is 31.2 Å². The molecule has 27 heavy (non-hydrogen) atoms. The second-order valence-electron chi connectivity index (χ2n) is 6.44. The molecule has 1 atom stereocenters. The number of fused-ring (bicyclic) bond motifs is 2. The second-order valence-corrected chi connectivity index (χ2v) is 6.44. The molecule has 4 rings (SSSR count). The van der Waals surface area contributed by atoms with Crippen molar-refractivity contribution in [3.63, 3.8) is 0 Å². The van der Waals surface area contributed by atoms with Crippen LogP contribution in [-0.2, 0) is 4.79 Å². The van der Waals surface area contributed by atoms with Crippen molar-refractivity contribution in [2.24, 2.45) is 0 Å². The van der Waals surface area contributed by atoms with E-state index >= 15 is 0 Å². The van der Waals surface area contributed by atoms with E-state index < -0.39 is 6.04 Å². The largest absolute Gasteiger partial charge is 0.505 e. The van der Waals surface area contributed by atoms with Crippen molar-refractivity contribution in [1.29, 1.82) is 0 Å². The van der Waals surface area contributed by atoms with Crippen molar-refractivity contribution in [2.75, 3.05) is 6.79 Å². The van der Waals surface area contributed by atoms with Gasteiger partial charge >= 0.3 is 0 Å². The molecule has 6 nitrogen and oxygen atoms in total. The van der Waals surface area contributed by atoms with Gasteiger partial charge in [0.1, 0.15) is 11.3 Å². The highest BCUT2D eigenvalue weighted by molar-refractivity contribution is 5.86. The molecule has 2 aromatic carbocycles. The van der Waals surface area contributed by atoms with Crippen LogP contribution in [0.15, 0.2) is 48.7 Å². The molecule has 0 fully saturated rings. The topological polar surface area (TPSA) is 80.7 Å². The van der Waals surface area contributed by atoms with Gasteiger partial charge in [0.25, 0.3) is 0 Å². The van der Waals surface area contributed by atoms with Crippen LogP contribution in [0, 0.1) is 0 Å². The van der Waals surface area contributed by atoms with Gasteiger partial charge in [-0.15, -0.1) is 0 Å². The predicted octanol–water partition coefficient (Wildman–Crippen LogP) is 3.67. The Kier molecular flexibility index (Phi) is 4.54. The van der Waals surface area contributed by atoms with E-state index in [9.17, 15) is 9.90 Å². The normalized spacial score (nSPS) is 13.5. The molecule has 0 bridgehead atoms. The quantitative estimate of drug-likeness (QED) is 0.722. The third kappa shape index (κ3) is 3.26. The van der Waals surface area contributed by atoms with E-state index in [1.165, 1.54) is 0 Å². The van der Waals surface area contributed by atoms with Crippen LogP contribution in [0.2, 0.25) is 0 Å². The molecule has 1 aliphatic heterocycles. The fourth-order valence-electron chi connectivity index (χ4n) is 3.27. The maximum Gasteiger partial charge on any atom is 0.231 e. The average molecular weight is 364 g/mol. The average Bonchev–Trinajstić information content (AvgIpc) is 3.15. The zero-order valence-corrected chi connectivity index (χ0v) is 14.9. The standard InChI is InChI=1S/C21H20N2O4/c1-2-4-18(24)23-19(14-7-9-16-17(11-14)27-12-26-16)15-8-6-13-5-3-10-22-20(13)21(15)25/h3,5-11,19,25H,2,4,12H2,1H3,(H,23,24). The predicted molar refractivity (Wildman–Crippen MR) is 101 cm³/mol. The first-order chi connectivity index (χ1) is 13.2. The lowest BCUT2D eigenvalue weighted by Gasteiger charge is -2.21. The Hall–Kier alpha value is -3.28. The fraction of sp³-hybridized carbons (Fsp3) is 0.238. The monoisotopic (exact) mass is 364 g/mol. The van der Waals surface area contributed by atoms with Crippen molar-refractivity contribution < 1.29 is 19.4 Å². The minimum Gasteiger partial charge on any atom is -0.505 e. The summed E-state index contributed by atoms with van der Waals surface area (Å²) in [5, 5.41) is 14.7. The van der Waals surface area contributed by atoms with E-state index in [1.54, 1.807) is 6.20 Å². The number of hydrogen-bond acceptors (Lipinski definition) is 5. The number of carbonyl (C=O) groups excluding carboxylic acids is 1. The molecule has 2 heterocycles. The third-order valence-electron chi connectivity index (χ3n) is 4.60. The number of aromatic nitrogens is 1. The number of nitrogens with one attached hydrogen (secondary N) is 1. The van der Waals surface area contributed by atoms with E-state index in [4.69, 9.17) is 9.47 Å². The summed E-state index contributed by atoms with van der Waals surface area (Å²) in [7, 11) is 0. The number of pyridine rings is 1. The number of benzene rings is 2. The molecule has 2 N–H and O–H groups in total. The van der Waals surface area contributed by atoms with Crippen molar-refractivity contribution in [3.05, 3.63) is 59.8 Å². The highest BCUT2D eigenvalue weighted by Gasteiger charge is 2.24. The van der Waals surface area contributed by atoms with E-state index in [0.29, 0.717) is 29.0 Å². The summed E-state index contributed by atoms with van der Waals surface area (Å²) in [6.07, 6.45) is 2.79. The minimum absolute atomic E-state index is 0.0626. The molecule has 0 radical (unpaired) electrons. The van der Waals surface area contributed by atoms with Crippen molar-refractivity contribution in [1.82, 2.24) is 10.3 Å². The number of phenols is 1. The summed E-state index contributed by atoms with van der Waals surface area (Å²) < 4.78 is 10.8. The van der Waals surface area contributed by atoms with E-state index in [1.807, 2.05) is 49.4 Å². The first-order valence-electron chi connectivity index (χ1n) is 8.93. The Labute approximate surface area is 156 Å². The van der Waals surface area contributed by atoms with E-state index in [0.717, 1.165) is 17.4 Å². The van der Waals surface area contributed by atoms with Gasteiger partial charge in [0.15, 0.2) is 11.5 Å². The number of carbonyl (C=O) groups is 1. The van der Waals surface area contributed by atoms with E-state index in [-0.39, 0.29) is 18.4 Å². The van der Waals surface area contributed by atoms with Gasteiger partial charge in [0, 0.05) is 23.6 Å². The van der Waals surface area contributed by atoms with Gasteiger partial charge in [0.05, 0.1) is 6.04 Å². The SMILES string of the molecule is CCCC(=O)NC(c1ccc2c(c1)OCO2)c1ccc2cccnc2c1O. The van der Waals surface area contributed by atoms with Gasteiger partial charge in [-0.3, -0.25) is 9.78 Å². The molecule has 1 aromatic heterocycles. The Bertz CT molecular complexity index is 1000. The van der Waals surface area contributed by atoms with Crippen LogP contribution in [0.5, 0.6) is 17.2 Å². The highest BCUT2D eigenvalue weighted by atomic mass is 16.7. The molecule has 0 saturated heterocycles. The number of rotatable bonds is 5. The zero-order chi connectivity index (χ0) is 18.8. The molecule has 3 aromatic rings. The second kappa shape index (κ2) is 7.15. The Morgan fingerprint density at radius 2 is 2.07 bits per heavy atom. The number of hydrogen-bond donors (Lipinski definition) is 2. The van der Waals surface area contributed by atoms with Crippen LogP contribution in [0.25, 0.3) is 10.9 Å².